The maximum absolute atomic E-state index is 7.43. The van der Waals surface area contributed by atoms with Gasteiger partial charge in [-0.15, -0.1) is 0 Å². The van der Waals surface area contributed by atoms with E-state index in [9.17, 15) is 0 Å². The SMILES string of the molecule is CC.CC.CC(=N)c1c(N)cc(C)cc1N. The van der Waals surface area contributed by atoms with E-state index in [4.69, 9.17) is 16.9 Å². The standard InChI is InChI=1S/C9H13N3.2C2H6/c1-5-3-7(11)9(6(2)10)8(12)4-5;2*1-2/h3-4,10H,11-12H2,1-2H3;2*1-2H3. The average Bonchev–Trinajstić information content (AvgIpc) is 2.21. The minimum atomic E-state index is 0.407. The van der Waals surface area contributed by atoms with Gasteiger partial charge in [0.1, 0.15) is 0 Å². The molecule has 0 spiro atoms. The topological polar surface area (TPSA) is 75.9 Å². The molecule has 0 fully saturated rings. The fourth-order valence-corrected chi connectivity index (χ4v) is 1.28. The molecule has 0 saturated heterocycles. The van der Waals surface area contributed by atoms with Gasteiger partial charge in [-0.25, -0.2) is 0 Å². The van der Waals surface area contributed by atoms with Crippen molar-refractivity contribution in [2.45, 2.75) is 41.5 Å². The van der Waals surface area contributed by atoms with Gasteiger partial charge in [-0.05, 0) is 31.5 Å². The summed E-state index contributed by atoms with van der Waals surface area (Å²) in [6.45, 7) is 11.6. The van der Waals surface area contributed by atoms with Crippen molar-refractivity contribution >= 4 is 17.1 Å². The van der Waals surface area contributed by atoms with Crippen LogP contribution in [0.25, 0.3) is 0 Å². The molecule has 0 bridgehead atoms. The Bertz CT molecular complexity index is 307. The Morgan fingerprint density at radius 1 is 1.00 bits per heavy atom. The highest BCUT2D eigenvalue weighted by Crippen LogP contribution is 2.21. The van der Waals surface area contributed by atoms with Gasteiger partial charge in [0.25, 0.3) is 0 Å². The molecule has 5 N–H and O–H groups in total. The monoisotopic (exact) mass is 223 g/mol. The second-order valence-electron chi connectivity index (χ2n) is 2.94. The lowest BCUT2D eigenvalue weighted by molar-refractivity contribution is 1.42. The van der Waals surface area contributed by atoms with E-state index in [1.807, 2.05) is 46.8 Å². The largest absolute Gasteiger partial charge is 0.398 e. The van der Waals surface area contributed by atoms with E-state index >= 15 is 0 Å². The highest BCUT2D eigenvalue weighted by molar-refractivity contribution is 6.05. The smallest absolute Gasteiger partial charge is 0.0429 e. The third kappa shape index (κ3) is 4.82. The molecule has 1 aromatic rings. The van der Waals surface area contributed by atoms with E-state index < -0.39 is 0 Å². The Kier molecular flexibility index (Phi) is 9.27. The molecule has 92 valence electrons. The molecule has 1 rings (SSSR count). The van der Waals surface area contributed by atoms with Crippen LogP contribution in [0.5, 0.6) is 0 Å². The lowest BCUT2D eigenvalue weighted by atomic mass is 10.0. The van der Waals surface area contributed by atoms with Crippen molar-refractivity contribution in [3.63, 3.8) is 0 Å². The summed E-state index contributed by atoms with van der Waals surface area (Å²) in [4.78, 5) is 0. The second kappa shape index (κ2) is 8.77. The molecule has 0 radical (unpaired) electrons. The van der Waals surface area contributed by atoms with Gasteiger partial charge in [0.05, 0.1) is 0 Å². The summed E-state index contributed by atoms with van der Waals surface area (Å²) in [6.07, 6.45) is 0. The normalized spacial score (nSPS) is 8.12. The summed E-state index contributed by atoms with van der Waals surface area (Å²) >= 11 is 0. The van der Waals surface area contributed by atoms with Crippen LogP contribution in [0.15, 0.2) is 12.1 Å². The maximum atomic E-state index is 7.43. The number of aryl methyl sites for hydroxylation is 1. The van der Waals surface area contributed by atoms with Crippen LogP contribution in [0.1, 0.15) is 45.7 Å². The van der Waals surface area contributed by atoms with E-state index in [2.05, 4.69) is 0 Å². The summed E-state index contributed by atoms with van der Waals surface area (Å²) in [5.74, 6) is 0. The number of rotatable bonds is 1. The number of hydrogen-bond donors (Lipinski definition) is 3. The highest BCUT2D eigenvalue weighted by atomic mass is 14.6. The van der Waals surface area contributed by atoms with E-state index in [1.54, 1.807) is 6.92 Å². The molecular weight excluding hydrogens is 198 g/mol. The fourth-order valence-electron chi connectivity index (χ4n) is 1.28. The quantitative estimate of drug-likeness (QED) is 0.502. The zero-order valence-electron chi connectivity index (χ0n) is 11.3. The average molecular weight is 223 g/mol. The molecule has 3 nitrogen and oxygen atoms in total. The van der Waals surface area contributed by atoms with Crippen molar-refractivity contribution in [1.82, 2.24) is 0 Å². The first-order chi connectivity index (χ1) is 7.52. The summed E-state index contributed by atoms with van der Waals surface area (Å²) in [5, 5.41) is 7.43. The van der Waals surface area contributed by atoms with Gasteiger partial charge in [0, 0.05) is 22.6 Å². The van der Waals surface area contributed by atoms with Gasteiger partial charge in [-0.3, -0.25) is 0 Å². The molecule has 16 heavy (non-hydrogen) atoms. The van der Waals surface area contributed by atoms with Gasteiger partial charge in [-0.2, -0.15) is 0 Å². The predicted molar refractivity (Wildman–Crippen MR) is 75.2 cm³/mol. The van der Waals surface area contributed by atoms with E-state index in [1.165, 1.54) is 0 Å². The van der Waals surface area contributed by atoms with E-state index in [0.29, 0.717) is 22.6 Å². The van der Waals surface area contributed by atoms with Crippen LogP contribution in [0.3, 0.4) is 0 Å². The number of anilines is 2. The van der Waals surface area contributed by atoms with Crippen molar-refractivity contribution in [3.05, 3.63) is 23.3 Å². The van der Waals surface area contributed by atoms with Crippen LogP contribution in [0.4, 0.5) is 11.4 Å². The zero-order valence-corrected chi connectivity index (χ0v) is 11.3. The van der Waals surface area contributed by atoms with Crippen LogP contribution < -0.4 is 11.5 Å². The van der Waals surface area contributed by atoms with Crippen LogP contribution in [-0.4, -0.2) is 5.71 Å². The molecule has 0 heterocycles. The maximum Gasteiger partial charge on any atom is 0.0429 e. The number of hydrogen-bond acceptors (Lipinski definition) is 3. The second-order valence-corrected chi connectivity index (χ2v) is 2.94. The zero-order chi connectivity index (χ0) is 13.3. The van der Waals surface area contributed by atoms with Crippen LogP contribution in [0, 0.1) is 12.3 Å². The third-order valence-corrected chi connectivity index (χ3v) is 1.72. The fraction of sp³-hybridized carbons (Fsp3) is 0.462. The van der Waals surface area contributed by atoms with Crippen molar-refractivity contribution in [2.24, 2.45) is 0 Å². The minimum absolute atomic E-state index is 0.407. The number of benzene rings is 1. The first-order valence-corrected chi connectivity index (χ1v) is 5.73. The molecule has 1 aromatic carbocycles. The Labute approximate surface area is 99.4 Å². The molecule has 3 heteroatoms. The van der Waals surface area contributed by atoms with Crippen molar-refractivity contribution in [3.8, 4) is 0 Å². The number of nitrogens with one attached hydrogen (secondary N) is 1. The van der Waals surface area contributed by atoms with Crippen molar-refractivity contribution in [2.75, 3.05) is 11.5 Å². The third-order valence-electron chi connectivity index (χ3n) is 1.72. The van der Waals surface area contributed by atoms with Crippen molar-refractivity contribution < 1.29 is 0 Å². The molecule has 0 saturated carbocycles. The molecule has 0 unspecified atom stereocenters. The Hall–Kier alpha value is -1.51. The molecular formula is C13H25N3. The summed E-state index contributed by atoms with van der Waals surface area (Å²) in [7, 11) is 0. The number of nitrogens with two attached hydrogens (primary N) is 2. The summed E-state index contributed by atoms with van der Waals surface area (Å²) < 4.78 is 0. The summed E-state index contributed by atoms with van der Waals surface area (Å²) in [5.41, 5.74) is 14.7. The van der Waals surface area contributed by atoms with Gasteiger partial charge in [-0.1, -0.05) is 27.7 Å². The van der Waals surface area contributed by atoms with Crippen LogP contribution in [0.2, 0.25) is 0 Å². The first kappa shape index (κ1) is 16.9. The number of nitrogen functional groups attached to an aromatic ring is 2. The lowest BCUT2D eigenvalue weighted by Gasteiger charge is -2.08. The molecule has 0 atom stereocenters. The highest BCUT2D eigenvalue weighted by Gasteiger charge is 2.06. The van der Waals surface area contributed by atoms with Gasteiger partial charge >= 0.3 is 0 Å². The summed E-state index contributed by atoms with van der Waals surface area (Å²) in [6, 6.07) is 3.65. The predicted octanol–water partition coefficient (Wildman–Crippen LogP) is 3.60. The van der Waals surface area contributed by atoms with Gasteiger partial charge in [0.15, 0.2) is 0 Å². The Balaban J connectivity index is 0. The molecule has 0 aliphatic carbocycles. The Morgan fingerprint density at radius 2 is 1.31 bits per heavy atom. The first-order valence-electron chi connectivity index (χ1n) is 5.73. The van der Waals surface area contributed by atoms with Gasteiger partial charge < -0.3 is 16.9 Å². The molecule has 0 aliphatic rings. The molecule has 0 aromatic heterocycles. The lowest BCUT2D eigenvalue weighted by Crippen LogP contribution is -2.05. The molecule has 0 aliphatic heterocycles. The molecule has 0 amide bonds. The van der Waals surface area contributed by atoms with Crippen molar-refractivity contribution in [1.29, 1.82) is 5.41 Å². The Morgan fingerprint density at radius 3 is 1.56 bits per heavy atom. The minimum Gasteiger partial charge on any atom is -0.398 e. The van der Waals surface area contributed by atoms with E-state index in [-0.39, 0.29) is 0 Å². The van der Waals surface area contributed by atoms with Gasteiger partial charge in [0.2, 0.25) is 0 Å². The van der Waals surface area contributed by atoms with E-state index in [0.717, 1.165) is 5.56 Å². The van der Waals surface area contributed by atoms with Crippen LogP contribution in [-0.2, 0) is 0 Å². The van der Waals surface area contributed by atoms with Crippen LogP contribution >= 0.6 is 0 Å².